The average Bonchev–Trinajstić information content (AvgIpc) is 3.64. The molecule has 5 aromatic rings. The highest BCUT2D eigenvalue weighted by Crippen LogP contribution is 2.31. The number of aromatic amines is 2. The fourth-order valence-electron chi connectivity index (χ4n) is 3.80. The fraction of sp³-hybridized carbons (Fsp3) is 0.0714. The summed E-state index contributed by atoms with van der Waals surface area (Å²) in [5.74, 6) is 0.730. The minimum absolute atomic E-state index is 0.365. The first-order valence-corrected chi connectivity index (χ1v) is 11.5. The molecule has 5 rings (SSSR count). The number of ether oxygens (including phenoxy) is 4. The Labute approximate surface area is 217 Å². The lowest BCUT2D eigenvalue weighted by molar-refractivity contribution is 0.120. The van der Waals surface area contributed by atoms with E-state index < -0.39 is 12.3 Å². The van der Waals surface area contributed by atoms with Crippen LogP contribution in [0.4, 0.5) is 9.59 Å². The number of aromatic nitrogens is 4. The maximum atomic E-state index is 11.4. The van der Waals surface area contributed by atoms with E-state index in [0.29, 0.717) is 11.5 Å². The van der Waals surface area contributed by atoms with Crippen LogP contribution >= 0.6 is 0 Å². The van der Waals surface area contributed by atoms with Crippen LogP contribution < -0.4 is 9.47 Å². The minimum Gasteiger partial charge on any atom is -0.437 e. The van der Waals surface area contributed by atoms with Crippen molar-refractivity contribution in [2.45, 2.75) is 0 Å². The monoisotopic (exact) mass is 510 g/mol. The third-order valence-electron chi connectivity index (χ3n) is 5.64. The molecular formula is C28H22N4O6. The van der Waals surface area contributed by atoms with Gasteiger partial charge in [-0.1, -0.05) is 42.5 Å². The quantitative estimate of drug-likeness (QED) is 0.207. The molecule has 0 unspecified atom stereocenters. The molecule has 38 heavy (non-hydrogen) atoms. The Morgan fingerprint density at radius 3 is 1.45 bits per heavy atom. The first-order chi connectivity index (χ1) is 18.5. The van der Waals surface area contributed by atoms with Crippen LogP contribution in [0.2, 0.25) is 0 Å². The van der Waals surface area contributed by atoms with E-state index in [0.717, 1.165) is 45.0 Å². The SMILES string of the molecule is COC(=O)Oc1cccc(-c2cc(-c3cccc(-c4cc(-c5cccc(OC(=O)OC)c5)[nH]n4)c3)n[nH]2)c1. The highest BCUT2D eigenvalue weighted by atomic mass is 16.7. The highest BCUT2D eigenvalue weighted by molar-refractivity contribution is 5.75. The van der Waals surface area contributed by atoms with Crippen LogP contribution in [0.3, 0.4) is 0 Å². The molecule has 0 aliphatic heterocycles. The van der Waals surface area contributed by atoms with E-state index in [2.05, 4.69) is 29.9 Å². The fourth-order valence-corrected chi connectivity index (χ4v) is 3.80. The molecule has 0 saturated carbocycles. The van der Waals surface area contributed by atoms with Gasteiger partial charge < -0.3 is 18.9 Å². The van der Waals surface area contributed by atoms with E-state index in [-0.39, 0.29) is 0 Å². The Morgan fingerprint density at radius 1 is 0.579 bits per heavy atom. The number of rotatable bonds is 6. The lowest BCUT2D eigenvalue weighted by Crippen LogP contribution is -2.07. The summed E-state index contributed by atoms with van der Waals surface area (Å²) in [6, 6.07) is 25.8. The van der Waals surface area contributed by atoms with Crippen LogP contribution in [0.5, 0.6) is 11.5 Å². The van der Waals surface area contributed by atoms with Gasteiger partial charge in [0.1, 0.15) is 11.5 Å². The second kappa shape index (κ2) is 10.7. The molecule has 0 aliphatic carbocycles. The van der Waals surface area contributed by atoms with E-state index in [1.165, 1.54) is 14.2 Å². The van der Waals surface area contributed by atoms with Crippen molar-refractivity contribution < 1.29 is 28.5 Å². The Morgan fingerprint density at radius 2 is 1.00 bits per heavy atom. The Bertz CT molecular complexity index is 1490. The maximum Gasteiger partial charge on any atom is 0.513 e. The number of nitrogens with one attached hydrogen (secondary N) is 2. The summed E-state index contributed by atoms with van der Waals surface area (Å²) in [5, 5.41) is 15.0. The number of hydrogen-bond donors (Lipinski definition) is 2. The number of methoxy groups -OCH3 is 2. The van der Waals surface area contributed by atoms with Gasteiger partial charge in [-0.05, 0) is 42.5 Å². The van der Waals surface area contributed by atoms with E-state index in [1.54, 1.807) is 36.4 Å². The lowest BCUT2D eigenvalue weighted by atomic mass is 10.0. The molecule has 2 aromatic heterocycles. The van der Waals surface area contributed by atoms with Gasteiger partial charge in [0.15, 0.2) is 0 Å². The van der Waals surface area contributed by atoms with Gasteiger partial charge in [0.25, 0.3) is 0 Å². The molecule has 10 heteroatoms. The Kier molecular flexibility index (Phi) is 6.85. The summed E-state index contributed by atoms with van der Waals surface area (Å²) in [7, 11) is 2.51. The maximum absolute atomic E-state index is 11.4. The van der Waals surface area contributed by atoms with E-state index in [4.69, 9.17) is 9.47 Å². The number of H-pyrrole nitrogens is 2. The van der Waals surface area contributed by atoms with Gasteiger partial charge in [0.2, 0.25) is 0 Å². The molecule has 2 heterocycles. The van der Waals surface area contributed by atoms with Crippen molar-refractivity contribution in [3.8, 4) is 56.5 Å². The van der Waals surface area contributed by atoms with Crippen LogP contribution in [0, 0.1) is 0 Å². The Hall–Kier alpha value is -5.38. The second-order valence-corrected chi connectivity index (χ2v) is 8.08. The summed E-state index contributed by atoms with van der Waals surface area (Å²) < 4.78 is 19.3. The molecule has 0 saturated heterocycles. The molecule has 0 spiro atoms. The van der Waals surface area contributed by atoms with Gasteiger partial charge in [0.05, 0.1) is 37.0 Å². The van der Waals surface area contributed by atoms with Gasteiger partial charge in [-0.2, -0.15) is 10.2 Å². The first kappa shape index (κ1) is 24.3. The molecule has 10 nitrogen and oxygen atoms in total. The largest absolute Gasteiger partial charge is 0.513 e. The van der Waals surface area contributed by atoms with Crippen LogP contribution in [0.1, 0.15) is 0 Å². The molecular weight excluding hydrogens is 488 g/mol. The first-order valence-electron chi connectivity index (χ1n) is 11.5. The summed E-state index contributed by atoms with van der Waals surface area (Å²) in [4.78, 5) is 22.8. The molecule has 0 amide bonds. The Balaban J connectivity index is 1.37. The molecule has 190 valence electrons. The van der Waals surface area contributed by atoms with E-state index in [1.807, 2.05) is 48.5 Å². The van der Waals surface area contributed by atoms with Gasteiger partial charge in [-0.15, -0.1) is 0 Å². The number of hydrogen-bond acceptors (Lipinski definition) is 8. The molecule has 0 bridgehead atoms. The van der Waals surface area contributed by atoms with Crippen LogP contribution in [-0.4, -0.2) is 46.9 Å². The smallest absolute Gasteiger partial charge is 0.437 e. The van der Waals surface area contributed by atoms with Crippen molar-refractivity contribution in [1.82, 2.24) is 20.4 Å². The zero-order valence-electron chi connectivity index (χ0n) is 20.4. The molecule has 3 aromatic carbocycles. The predicted octanol–water partition coefficient (Wildman–Crippen LogP) is 6.09. The zero-order chi connectivity index (χ0) is 26.5. The topological polar surface area (TPSA) is 128 Å². The lowest BCUT2D eigenvalue weighted by Gasteiger charge is -2.04. The second-order valence-electron chi connectivity index (χ2n) is 8.08. The van der Waals surface area contributed by atoms with Crippen molar-refractivity contribution in [1.29, 1.82) is 0 Å². The van der Waals surface area contributed by atoms with Gasteiger partial charge in [0, 0.05) is 22.3 Å². The zero-order valence-corrected chi connectivity index (χ0v) is 20.4. The van der Waals surface area contributed by atoms with Crippen molar-refractivity contribution in [2.24, 2.45) is 0 Å². The third-order valence-corrected chi connectivity index (χ3v) is 5.64. The number of nitrogens with zero attached hydrogens (tertiary/aromatic N) is 2. The van der Waals surface area contributed by atoms with Gasteiger partial charge >= 0.3 is 12.3 Å². The highest BCUT2D eigenvalue weighted by Gasteiger charge is 2.12. The number of benzene rings is 3. The minimum atomic E-state index is -0.784. The number of carbonyl (C=O) groups excluding carboxylic acids is 2. The van der Waals surface area contributed by atoms with Crippen LogP contribution in [0.15, 0.2) is 84.9 Å². The van der Waals surface area contributed by atoms with Crippen LogP contribution in [0.25, 0.3) is 45.0 Å². The molecule has 2 N–H and O–H groups in total. The molecule has 0 atom stereocenters. The van der Waals surface area contributed by atoms with Crippen molar-refractivity contribution in [3.05, 3.63) is 84.9 Å². The summed E-state index contributed by atoms with van der Waals surface area (Å²) in [6.45, 7) is 0. The van der Waals surface area contributed by atoms with Gasteiger partial charge in [-0.25, -0.2) is 9.59 Å². The summed E-state index contributed by atoms with van der Waals surface area (Å²) in [5.41, 5.74) is 6.39. The molecule has 0 radical (unpaired) electrons. The van der Waals surface area contributed by atoms with E-state index >= 15 is 0 Å². The van der Waals surface area contributed by atoms with Crippen LogP contribution in [-0.2, 0) is 9.47 Å². The third kappa shape index (κ3) is 5.39. The predicted molar refractivity (Wildman–Crippen MR) is 139 cm³/mol. The van der Waals surface area contributed by atoms with E-state index in [9.17, 15) is 9.59 Å². The normalized spacial score (nSPS) is 10.6. The van der Waals surface area contributed by atoms with Crippen molar-refractivity contribution >= 4 is 12.3 Å². The van der Waals surface area contributed by atoms with Gasteiger partial charge in [-0.3, -0.25) is 10.2 Å². The molecule has 0 aliphatic rings. The van der Waals surface area contributed by atoms with Crippen molar-refractivity contribution in [3.63, 3.8) is 0 Å². The summed E-state index contributed by atoms with van der Waals surface area (Å²) in [6.07, 6.45) is -1.57. The summed E-state index contributed by atoms with van der Waals surface area (Å²) >= 11 is 0. The standard InChI is InChI=1S/C28H22N4O6/c1-35-27(33)37-21-10-4-8-19(13-21)25-15-23(29-31-25)17-6-3-7-18(12-17)24-16-26(32-30-24)20-9-5-11-22(14-20)38-28(34)36-2/h3-16H,1-2H3,(H,29,31)(H,30,32). The molecule has 0 fully saturated rings. The van der Waals surface area contributed by atoms with Crippen molar-refractivity contribution in [2.75, 3.05) is 14.2 Å². The number of carbonyl (C=O) groups is 2. The average molecular weight is 511 g/mol.